The Morgan fingerprint density at radius 1 is 1.16 bits per heavy atom. The lowest BCUT2D eigenvalue weighted by Gasteiger charge is -2.06. The third-order valence-corrected chi connectivity index (χ3v) is 4.15. The Bertz CT molecular complexity index is 717. The van der Waals surface area contributed by atoms with Gasteiger partial charge in [0.25, 0.3) is 0 Å². The van der Waals surface area contributed by atoms with Crippen molar-refractivity contribution in [3.63, 3.8) is 0 Å². The first kappa shape index (κ1) is 13.8. The summed E-state index contributed by atoms with van der Waals surface area (Å²) in [5, 5.41) is 2.94. The molecule has 2 rings (SSSR count). The molecule has 8 heteroatoms. The monoisotopic (exact) mass is 284 g/mol. The number of nitrogens with one attached hydrogen (secondary N) is 4. The Morgan fingerprint density at radius 3 is 2.63 bits per heavy atom. The van der Waals surface area contributed by atoms with Crippen LogP contribution in [0, 0.1) is 0 Å². The second kappa shape index (κ2) is 5.55. The second-order valence-electron chi connectivity index (χ2n) is 4.14. The minimum absolute atomic E-state index is 0.139. The van der Waals surface area contributed by atoms with Crippen LogP contribution in [-0.4, -0.2) is 38.5 Å². The normalized spacial score (nSPS) is 12.1. The van der Waals surface area contributed by atoms with Gasteiger partial charge in [0.05, 0.1) is 15.9 Å². The summed E-state index contributed by atoms with van der Waals surface area (Å²) >= 11 is 0. The minimum atomic E-state index is -3.54. The molecule has 1 aromatic heterocycles. The molecule has 1 aromatic carbocycles. The lowest BCUT2D eigenvalue weighted by molar-refractivity contribution is 0.577. The highest BCUT2D eigenvalue weighted by atomic mass is 32.2. The van der Waals surface area contributed by atoms with Crippen molar-refractivity contribution >= 4 is 21.1 Å². The van der Waals surface area contributed by atoms with Crippen LogP contribution in [0.15, 0.2) is 27.9 Å². The van der Waals surface area contributed by atoms with Gasteiger partial charge in [0.1, 0.15) is 0 Å². The van der Waals surface area contributed by atoms with E-state index in [1.165, 1.54) is 12.1 Å². The standard InChI is InChI=1S/C11H16N4O3S/c1-12-5-2-6-13-19(17,18)8-3-4-9-10(7-8)15-11(16)14-9/h3-4,7,12-13H,2,5-6H2,1H3,(H2,14,15,16). The summed E-state index contributed by atoms with van der Waals surface area (Å²) in [4.78, 5) is 16.3. The third-order valence-electron chi connectivity index (χ3n) is 2.69. The van der Waals surface area contributed by atoms with Gasteiger partial charge in [-0.2, -0.15) is 0 Å². The maximum atomic E-state index is 12.0. The van der Waals surface area contributed by atoms with Gasteiger partial charge in [-0.05, 0) is 38.2 Å². The summed E-state index contributed by atoms with van der Waals surface area (Å²) in [7, 11) is -1.73. The predicted octanol–water partition coefficient (Wildman–Crippen LogP) is -0.256. The lowest BCUT2D eigenvalue weighted by atomic mass is 10.3. The summed E-state index contributed by atoms with van der Waals surface area (Å²) in [6.45, 7) is 1.11. The van der Waals surface area contributed by atoms with Crippen LogP contribution in [0.1, 0.15) is 6.42 Å². The summed E-state index contributed by atoms with van der Waals surface area (Å²) in [6, 6.07) is 4.47. The molecule has 0 aliphatic heterocycles. The SMILES string of the molecule is CNCCCNS(=O)(=O)c1ccc2[nH]c(=O)[nH]c2c1. The number of H-pyrrole nitrogens is 2. The van der Waals surface area contributed by atoms with Crippen LogP contribution >= 0.6 is 0 Å². The van der Waals surface area contributed by atoms with Gasteiger partial charge in [-0.1, -0.05) is 0 Å². The molecule has 1 heterocycles. The Morgan fingerprint density at radius 2 is 1.89 bits per heavy atom. The number of aromatic nitrogens is 2. The number of aromatic amines is 2. The smallest absolute Gasteiger partial charge is 0.320 e. The maximum absolute atomic E-state index is 12.0. The van der Waals surface area contributed by atoms with Crippen LogP contribution in [0.3, 0.4) is 0 Å². The van der Waals surface area contributed by atoms with Crippen molar-refractivity contribution in [2.45, 2.75) is 11.3 Å². The van der Waals surface area contributed by atoms with Gasteiger partial charge in [-0.3, -0.25) is 0 Å². The van der Waals surface area contributed by atoms with E-state index in [-0.39, 0.29) is 10.6 Å². The zero-order valence-electron chi connectivity index (χ0n) is 10.5. The van der Waals surface area contributed by atoms with Crippen molar-refractivity contribution < 1.29 is 8.42 Å². The molecule has 0 unspecified atom stereocenters. The highest BCUT2D eigenvalue weighted by molar-refractivity contribution is 7.89. The number of hydrogen-bond acceptors (Lipinski definition) is 4. The molecule has 0 atom stereocenters. The van der Waals surface area contributed by atoms with Crippen molar-refractivity contribution in [3.05, 3.63) is 28.7 Å². The maximum Gasteiger partial charge on any atom is 0.323 e. The molecular formula is C11H16N4O3S. The van der Waals surface area contributed by atoms with Crippen LogP contribution in [-0.2, 0) is 10.0 Å². The van der Waals surface area contributed by atoms with Crippen molar-refractivity contribution in [3.8, 4) is 0 Å². The van der Waals surface area contributed by atoms with Crippen LogP contribution in [0.5, 0.6) is 0 Å². The molecular weight excluding hydrogens is 268 g/mol. The van der Waals surface area contributed by atoms with Gasteiger partial charge in [0, 0.05) is 6.54 Å². The zero-order valence-corrected chi connectivity index (χ0v) is 11.3. The minimum Gasteiger partial charge on any atom is -0.320 e. The molecule has 0 saturated carbocycles. The van der Waals surface area contributed by atoms with Crippen molar-refractivity contribution in [2.24, 2.45) is 0 Å². The van der Waals surface area contributed by atoms with Gasteiger partial charge < -0.3 is 15.3 Å². The van der Waals surface area contributed by atoms with Crippen LogP contribution in [0.25, 0.3) is 11.0 Å². The molecule has 0 aliphatic carbocycles. The summed E-state index contributed by atoms with van der Waals surface area (Å²) in [6.07, 6.45) is 0.707. The average Bonchev–Trinajstić information content (AvgIpc) is 2.73. The predicted molar refractivity (Wildman–Crippen MR) is 72.7 cm³/mol. The fourth-order valence-corrected chi connectivity index (χ4v) is 2.83. The fourth-order valence-electron chi connectivity index (χ4n) is 1.73. The number of fused-ring (bicyclic) bond motifs is 1. The van der Waals surface area contributed by atoms with Crippen molar-refractivity contribution in [2.75, 3.05) is 20.1 Å². The third kappa shape index (κ3) is 3.22. The molecule has 0 aliphatic rings. The molecule has 0 spiro atoms. The number of hydrogen-bond donors (Lipinski definition) is 4. The Labute approximate surface area is 110 Å². The van der Waals surface area contributed by atoms with Crippen molar-refractivity contribution in [1.82, 2.24) is 20.0 Å². The Kier molecular flexibility index (Phi) is 4.03. The van der Waals surface area contributed by atoms with E-state index in [4.69, 9.17) is 0 Å². The number of sulfonamides is 1. The molecule has 7 nitrogen and oxygen atoms in total. The topological polar surface area (TPSA) is 107 Å². The Balaban J connectivity index is 2.20. The van der Waals surface area contributed by atoms with E-state index in [9.17, 15) is 13.2 Å². The van der Waals surface area contributed by atoms with Crippen molar-refractivity contribution in [1.29, 1.82) is 0 Å². The van der Waals surface area contributed by atoms with E-state index < -0.39 is 10.0 Å². The molecule has 2 aromatic rings. The van der Waals surface area contributed by atoms with Gasteiger partial charge in [0.15, 0.2) is 0 Å². The highest BCUT2D eigenvalue weighted by Gasteiger charge is 2.14. The Hall–Kier alpha value is -1.64. The highest BCUT2D eigenvalue weighted by Crippen LogP contribution is 2.14. The number of imidazole rings is 1. The molecule has 0 saturated heterocycles. The van der Waals surface area contributed by atoms with Gasteiger partial charge in [-0.15, -0.1) is 0 Å². The molecule has 0 fully saturated rings. The fraction of sp³-hybridized carbons (Fsp3) is 0.364. The molecule has 19 heavy (non-hydrogen) atoms. The molecule has 4 N–H and O–H groups in total. The zero-order chi connectivity index (χ0) is 13.9. The quantitative estimate of drug-likeness (QED) is 0.548. The van der Waals surface area contributed by atoms with Gasteiger partial charge in [0.2, 0.25) is 10.0 Å². The van der Waals surface area contributed by atoms with Crippen LogP contribution in [0.2, 0.25) is 0 Å². The van der Waals surface area contributed by atoms with Gasteiger partial charge in [-0.25, -0.2) is 17.9 Å². The van der Waals surface area contributed by atoms with E-state index in [1.807, 2.05) is 7.05 Å². The summed E-state index contributed by atoms with van der Waals surface area (Å²) in [5.41, 5.74) is 0.703. The first-order valence-corrected chi connectivity index (χ1v) is 7.37. The van der Waals surface area contributed by atoms with Crippen LogP contribution < -0.4 is 15.7 Å². The molecule has 0 radical (unpaired) electrons. The molecule has 104 valence electrons. The second-order valence-corrected chi connectivity index (χ2v) is 5.91. The van der Waals surface area contributed by atoms with E-state index in [0.717, 1.165) is 6.54 Å². The first-order valence-electron chi connectivity index (χ1n) is 5.89. The number of benzene rings is 1. The van der Waals surface area contributed by atoms with E-state index >= 15 is 0 Å². The molecule has 0 amide bonds. The van der Waals surface area contributed by atoms with E-state index in [1.54, 1.807) is 6.07 Å². The summed E-state index contributed by atoms with van der Waals surface area (Å²) < 4.78 is 26.5. The largest absolute Gasteiger partial charge is 0.323 e. The van der Waals surface area contributed by atoms with E-state index in [2.05, 4.69) is 20.0 Å². The first-order chi connectivity index (χ1) is 9.03. The van der Waals surface area contributed by atoms with E-state index in [0.29, 0.717) is 24.0 Å². The van der Waals surface area contributed by atoms with Crippen LogP contribution in [0.4, 0.5) is 0 Å². The lowest BCUT2D eigenvalue weighted by Crippen LogP contribution is -2.26. The molecule has 0 bridgehead atoms. The summed E-state index contributed by atoms with van der Waals surface area (Å²) in [5.74, 6) is 0. The average molecular weight is 284 g/mol. The van der Waals surface area contributed by atoms with Gasteiger partial charge >= 0.3 is 5.69 Å². The number of rotatable bonds is 6.